The van der Waals surface area contributed by atoms with Crippen LogP contribution >= 0.6 is 11.3 Å². The third-order valence-corrected chi connectivity index (χ3v) is 4.95. The van der Waals surface area contributed by atoms with E-state index in [2.05, 4.69) is 16.2 Å². The Morgan fingerprint density at radius 1 is 0.767 bits per heavy atom. The zero-order valence-electron chi connectivity index (χ0n) is 16.2. The van der Waals surface area contributed by atoms with E-state index in [1.165, 1.54) is 31.6 Å². The summed E-state index contributed by atoms with van der Waals surface area (Å²) in [6.45, 7) is 0. The van der Waals surface area contributed by atoms with Crippen molar-refractivity contribution in [1.29, 1.82) is 0 Å². The highest BCUT2D eigenvalue weighted by molar-refractivity contribution is 7.12. The number of methoxy groups -OCH3 is 2. The van der Waals surface area contributed by atoms with E-state index < -0.39 is 11.8 Å². The molecule has 0 atom stereocenters. The lowest BCUT2D eigenvalue weighted by atomic mass is 10.2. The molecule has 0 radical (unpaired) electrons. The van der Waals surface area contributed by atoms with Crippen LogP contribution in [0.2, 0.25) is 0 Å². The van der Waals surface area contributed by atoms with Crippen molar-refractivity contribution in [3.05, 3.63) is 76.0 Å². The number of hydrogen-bond acceptors (Lipinski definition) is 6. The van der Waals surface area contributed by atoms with Gasteiger partial charge in [-0.3, -0.25) is 25.2 Å². The predicted octanol–water partition coefficient (Wildman–Crippen LogP) is 3.09. The second-order valence-corrected chi connectivity index (χ2v) is 6.93. The topological polar surface area (TPSA) is 106 Å². The minimum absolute atomic E-state index is 0.218. The monoisotopic (exact) mass is 425 g/mol. The van der Waals surface area contributed by atoms with E-state index >= 15 is 0 Å². The Labute approximate surface area is 176 Å². The maximum Gasteiger partial charge on any atom is 0.269 e. The third-order valence-electron chi connectivity index (χ3n) is 4.09. The highest BCUT2D eigenvalue weighted by Crippen LogP contribution is 2.27. The lowest BCUT2D eigenvalue weighted by Crippen LogP contribution is -2.41. The Kier molecular flexibility index (Phi) is 6.66. The van der Waals surface area contributed by atoms with Gasteiger partial charge < -0.3 is 14.8 Å². The highest BCUT2D eigenvalue weighted by atomic mass is 32.1. The fraction of sp³-hybridized carbons (Fsp3) is 0.0952. The number of thiophene rings is 1. The number of benzene rings is 2. The Bertz CT molecular complexity index is 1050. The van der Waals surface area contributed by atoms with E-state index in [0.29, 0.717) is 33.2 Å². The van der Waals surface area contributed by atoms with Crippen LogP contribution in [0.15, 0.2) is 60.0 Å². The first-order valence-corrected chi connectivity index (χ1v) is 9.67. The predicted molar refractivity (Wildman–Crippen MR) is 113 cm³/mol. The Balaban J connectivity index is 1.57. The van der Waals surface area contributed by atoms with Crippen molar-refractivity contribution in [3.8, 4) is 11.5 Å². The molecule has 2 aromatic carbocycles. The quantitative estimate of drug-likeness (QED) is 0.527. The van der Waals surface area contributed by atoms with Crippen LogP contribution in [0.3, 0.4) is 0 Å². The molecule has 3 N–H and O–H groups in total. The van der Waals surface area contributed by atoms with Gasteiger partial charge in [-0.05, 0) is 53.9 Å². The van der Waals surface area contributed by atoms with Gasteiger partial charge >= 0.3 is 0 Å². The Morgan fingerprint density at radius 3 is 2.00 bits per heavy atom. The largest absolute Gasteiger partial charge is 0.493 e. The van der Waals surface area contributed by atoms with Crippen LogP contribution in [0.1, 0.15) is 30.4 Å². The maximum absolute atomic E-state index is 12.3. The molecule has 3 aromatic rings. The summed E-state index contributed by atoms with van der Waals surface area (Å²) >= 11 is 1.34. The van der Waals surface area contributed by atoms with E-state index in [1.807, 2.05) is 5.38 Å². The molecule has 0 unspecified atom stereocenters. The molecule has 8 nitrogen and oxygen atoms in total. The van der Waals surface area contributed by atoms with Crippen LogP contribution in [0, 0.1) is 0 Å². The average molecular weight is 425 g/mol. The van der Waals surface area contributed by atoms with E-state index in [4.69, 9.17) is 9.47 Å². The van der Waals surface area contributed by atoms with E-state index in [-0.39, 0.29) is 5.91 Å². The van der Waals surface area contributed by atoms with Crippen LogP contribution in [0.25, 0.3) is 0 Å². The maximum atomic E-state index is 12.3. The van der Waals surface area contributed by atoms with E-state index in [0.717, 1.165) is 0 Å². The Morgan fingerprint density at radius 2 is 1.40 bits per heavy atom. The van der Waals surface area contributed by atoms with Crippen LogP contribution < -0.4 is 25.6 Å². The average Bonchev–Trinajstić information content (AvgIpc) is 3.32. The molecular formula is C21H19N3O5S. The fourth-order valence-electron chi connectivity index (χ4n) is 2.54. The summed E-state index contributed by atoms with van der Waals surface area (Å²) in [7, 11) is 2.96. The molecule has 0 bridgehead atoms. The van der Waals surface area contributed by atoms with Crippen molar-refractivity contribution < 1.29 is 23.9 Å². The van der Waals surface area contributed by atoms with Crippen LogP contribution in [0.4, 0.5) is 5.69 Å². The molecule has 0 spiro atoms. The molecule has 1 aromatic heterocycles. The van der Waals surface area contributed by atoms with Crippen LogP contribution in [0.5, 0.6) is 11.5 Å². The lowest BCUT2D eigenvalue weighted by Gasteiger charge is -2.11. The molecule has 0 fully saturated rings. The van der Waals surface area contributed by atoms with Crippen LogP contribution in [-0.2, 0) is 0 Å². The molecule has 0 saturated carbocycles. The van der Waals surface area contributed by atoms with Gasteiger partial charge in [-0.1, -0.05) is 6.07 Å². The first kappa shape index (κ1) is 20.9. The molecule has 1 heterocycles. The summed E-state index contributed by atoms with van der Waals surface area (Å²) in [4.78, 5) is 37.2. The molecule has 3 rings (SSSR count). The number of carbonyl (C=O) groups is 3. The van der Waals surface area contributed by atoms with Crippen molar-refractivity contribution in [2.45, 2.75) is 0 Å². The first-order chi connectivity index (χ1) is 14.5. The van der Waals surface area contributed by atoms with Crippen molar-refractivity contribution in [2.24, 2.45) is 0 Å². The molecule has 3 amide bonds. The minimum atomic E-state index is -0.510. The van der Waals surface area contributed by atoms with Gasteiger partial charge in [0, 0.05) is 16.8 Å². The van der Waals surface area contributed by atoms with Crippen molar-refractivity contribution in [1.82, 2.24) is 10.9 Å². The summed E-state index contributed by atoms with van der Waals surface area (Å²) in [5, 5.41) is 4.57. The van der Waals surface area contributed by atoms with Crippen LogP contribution in [-0.4, -0.2) is 31.9 Å². The third kappa shape index (κ3) is 4.95. The van der Waals surface area contributed by atoms with Gasteiger partial charge in [0.15, 0.2) is 11.5 Å². The minimum Gasteiger partial charge on any atom is -0.493 e. The van der Waals surface area contributed by atoms with Crippen molar-refractivity contribution in [2.75, 3.05) is 19.5 Å². The zero-order valence-corrected chi connectivity index (χ0v) is 17.0. The molecule has 0 aliphatic carbocycles. The SMILES string of the molecule is COc1ccc(C(=O)NNC(=O)c2ccc(NC(=O)c3cccs3)cc2)cc1OC. The molecule has 154 valence electrons. The summed E-state index contributed by atoms with van der Waals surface area (Å²) in [5.41, 5.74) is 5.86. The standard InChI is InChI=1S/C21H19N3O5S/c1-28-16-10-7-14(12-17(16)29-2)20(26)24-23-19(25)13-5-8-15(9-6-13)22-21(27)18-4-3-11-30-18/h3-12H,1-2H3,(H,22,27)(H,23,25)(H,24,26). The summed E-state index contributed by atoms with van der Waals surface area (Å²) in [6, 6.07) is 14.5. The molecule has 0 aliphatic heterocycles. The number of amides is 3. The molecular weight excluding hydrogens is 406 g/mol. The Hall–Kier alpha value is -3.85. The first-order valence-electron chi connectivity index (χ1n) is 8.79. The number of ether oxygens (including phenoxy) is 2. The summed E-state index contributed by atoms with van der Waals surface area (Å²) in [5.74, 6) is -0.338. The molecule has 30 heavy (non-hydrogen) atoms. The number of hydrazine groups is 1. The smallest absolute Gasteiger partial charge is 0.269 e. The number of rotatable bonds is 6. The number of hydrogen-bond donors (Lipinski definition) is 3. The number of carbonyl (C=O) groups excluding carboxylic acids is 3. The van der Waals surface area contributed by atoms with Gasteiger partial charge in [0.05, 0.1) is 19.1 Å². The highest BCUT2D eigenvalue weighted by Gasteiger charge is 2.13. The number of anilines is 1. The van der Waals surface area contributed by atoms with Gasteiger partial charge in [0.25, 0.3) is 17.7 Å². The molecule has 0 aliphatic rings. The summed E-state index contributed by atoms with van der Waals surface area (Å²) in [6.07, 6.45) is 0. The van der Waals surface area contributed by atoms with E-state index in [9.17, 15) is 14.4 Å². The lowest BCUT2D eigenvalue weighted by molar-refractivity contribution is 0.0846. The van der Waals surface area contributed by atoms with Crippen molar-refractivity contribution in [3.63, 3.8) is 0 Å². The summed E-state index contributed by atoms with van der Waals surface area (Å²) < 4.78 is 10.3. The second kappa shape index (κ2) is 9.57. The van der Waals surface area contributed by atoms with Gasteiger partial charge in [-0.25, -0.2) is 0 Å². The molecule has 9 heteroatoms. The van der Waals surface area contributed by atoms with Gasteiger partial charge in [0.2, 0.25) is 0 Å². The van der Waals surface area contributed by atoms with Gasteiger partial charge in [-0.15, -0.1) is 11.3 Å². The fourth-order valence-corrected chi connectivity index (χ4v) is 3.16. The molecule has 0 saturated heterocycles. The normalized spacial score (nSPS) is 10.1. The zero-order chi connectivity index (χ0) is 21.5. The number of nitrogens with one attached hydrogen (secondary N) is 3. The van der Waals surface area contributed by atoms with Gasteiger partial charge in [0.1, 0.15) is 0 Å². The second-order valence-electron chi connectivity index (χ2n) is 5.99. The van der Waals surface area contributed by atoms with Crippen molar-refractivity contribution >= 4 is 34.7 Å². The van der Waals surface area contributed by atoms with E-state index in [1.54, 1.807) is 48.5 Å². The van der Waals surface area contributed by atoms with Gasteiger partial charge in [-0.2, -0.15) is 0 Å².